The number of carbonyl (C=O) groups is 1. The predicted molar refractivity (Wildman–Crippen MR) is 170 cm³/mol. The van der Waals surface area contributed by atoms with E-state index in [2.05, 4.69) is 26.8 Å². The van der Waals surface area contributed by atoms with E-state index < -0.39 is 11.6 Å². The number of hydrogen-bond acceptors (Lipinski definition) is 6. The van der Waals surface area contributed by atoms with Crippen LogP contribution in [-0.4, -0.2) is 19.2 Å². The summed E-state index contributed by atoms with van der Waals surface area (Å²) >= 11 is 0. The first-order valence-electron chi connectivity index (χ1n) is 15.3. The number of hydrogen-bond donors (Lipinski definition) is 0. The van der Waals surface area contributed by atoms with Crippen molar-refractivity contribution in [2.24, 2.45) is 0 Å². The number of rotatable bonds is 18. The van der Waals surface area contributed by atoms with Crippen molar-refractivity contribution in [2.75, 3.05) is 13.2 Å². The molecule has 6 heteroatoms. The summed E-state index contributed by atoms with van der Waals surface area (Å²) in [5.74, 6) is -0.307. The van der Waals surface area contributed by atoms with Crippen molar-refractivity contribution in [1.29, 1.82) is 0 Å². The molecule has 1 heterocycles. The maximum Gasteiger partial charge on any atom is 0.383 e. The summed E-state index contributed by atoms with van der Waals surface area (Å²) in [5, 5.41) is 0.509. The average molecular weight is 575 g/mol. The topological polar surface area (TPSA) is 75.0 Å². The Bertz CT molecular complexity index is 1380. The summed E-state index contributed by atoms with van der Waals surface area (Å²) in [7, 11) is 0. The molecule has 1 aromatic heterocycles. The van der Waals surface area contributed by atoms with Gasteiger partial charge in [-0.05, 0) is 70.4 Å². The van der Waals surface area contributed by atoms with Crippen molar-refractivity contribution >= 4 is 16.9 Å². The molecular weight excluding hydrogens is 528 g/mol. The van der Waals surface area contributed by atoms with Gasteiger partial charge >= 0.3 is 11.6 Å². The molecule has 3 rings (SSSR count). The highest BCUT2D eigenvalue weighted by Gasteiger charge is 2.23. The van der Waals surface area contributed by atoms with Gasteiger partial charge in [0, 0.05) is 0 Å². The lowest BCUT2D eigenvalue weighted by Crippen LogP contribution is -2.16. The monoisotopic (exact) mass is 574 g/mol. The van der Waals surface area contributed by atoms with Crippen molar-refractivity contribution in [3.05, 3.63) is 87.8 Å². The quantitative estimate of drug-likeness (QED) is 0.0652. The first-order valence-corrected chi connectivity index (χ1v) is 15.3. The van der Waals surface area contributed by atoms with E-state index in [4.69, 9.17) is 18.6 Å². The maximum atomic E-state index is 13.2. The summed E-state index contributed by atoms with van der Waals surface area (Å²) < 4.78 is 23.4. The van der Waals surface area contributed by atoms with Gasteiger partial charge in [0.15, 0.2) is 17.1 Å². The van der Waals surface area contributed by atoms with Gasteiger partial charge in [-0.1, -0.05) is 93.4 Å². The zero-order valence-corrected chi connectivity index (χ0v) is 25.7. The van der Waals surface area contributed by atoms with Gasteiger partial charge in [-0.2, -0.15) is 0 Å². The first kappa shape index (κ1) is 32.7. The molecule has 2 aromatic carbocycles. The minimum absolute atomic E-state index is 0.163. The zero-order chi connectivity index (χ0) is 30.2. The molecule has 0 unspecified atom stereocenters. The van der Waals surface area contributed by atoms with Crippen LogP contribution >= 0.6 is 0 Å². The smallest absolute Gasteiger partial charge is 0.383 e. The number of esters is 1. The molecule has 3 aromatic rings. The Morgan fingerprint density at radius 3 is 2.24 bits per heavy atom. The van der Waals surface area contributed by atoms with Gasteiger partial charge in [-0.15, -0.1) is 0 Å². The van der Waals surface area contributed by atoms with Crippen LogP contribution in [0, 0.1) is 0 Å². The van der Waals surface area contributed by atoms with Gasteiger partial charge in [0.1, 0.15) is 6.61 Å². The van der Waals surface area contributed by atoms with Crippen LogP contribution in [0.2, 0.25) is 0 Å². The third-order valence-electron chi connectivity index (χ3n) is 7.02. The van der Waals surface area contributed by atoms with Gasteiger partial charge in [0.25, 0.3) is 5.75 Å². The van der Waals surface area contributed by atoms with Gasteiger partial charge in [-0.25, -0.2) is 9.59 Å². The maximum absolute atomic E-state index is 13.2. The molecule has 0 spiro atoms. The molecule has 0 amide bonds. The molecule has 0 N–H and O–H groups in total. The standard InChI is InChI=1S/C36H46O6/c1-5-6-7-8-9-10-11-15-25-39-31-23-17-22-30-32(31)41-36(38)34(42-35(37)29-20-13-12-14-21-29)33(30)40-26-24-28(4)19-16-18-27(2)3/h12-14,17-18,20-24H,5-11,15-16,19,25-26H2,1-4H3/b28-24+. The Labute approximate surface area is 250 Å². The van der Waals surface area contributed by atoms with E-state index in [0.717, 1.165) is 31.3 Å². The average Bonchev–Trinajstić information content (AvgIpc) is 2.98. The molecule has 0 atom stereocenters. The highest BCUT2D eigenvalue weighted by Crippen LogP contribution is 2.37. The summed E-state index contributed by atoms with van der Waals surface area (Å²) in [4.78, 5) is 26.1. The molecule has 0 radical (unpaired) electrons. The van der Waals surface area contributed by atoms with Crippen LogP contribution < -0.4 is 19.8 Å². The molecule has 42 heavy (non-hydrogen) atoms. The van der Waals surface area contributed by atoms with E-state index in [1.807, 2.05) is 19.1 Å². The highest BCUT2D eigenvalue weighted by atomic mass is 16.6. The van der Waals surface area contributed by atoms with E-state index in [1.54, 1.807) is 42.5 Å². The molecule has 0 saturated carbocycles. The van der Waals surface area contributed by atoms with Gasteiger partial charge < -0.3 is 18.6 Å². The summed E-state index contributed by atoms with van der Waals surface area (Å²) in [6.07, 6.45) is 15.6. The van der Waals surface area contributed by atoms with E-state index >= 15 is 0 Å². The number of unbranched alkanes of at least 4 members (excludes halogenated alkanes) is 7. The third kappa shape index (κ3) is 10.6. The summed E-state index contributed by atoms with van der Waals surface area (Å²) in [6, 6.07) is 13.9. The molecule has 226 valence electrons. The molecule has 0 aliphatic rings. The van der Waals surface area contributed by atoms with Crippen molar-refractivity contribution in [3.63, 3.8) is 0 Å². The van der Waals surface area contributed by atoms with Crippen LogP contribution in [0.1, 0.15) is 102 Å². The largest absolute Gasteiger partial charge is 0.490 e. The number of fused-ring (bicyclic) bond motifs is 1. The lowest BCUT2D eigenvalue weighted by Gasteiger charge is -2.14. The van der Waals surface area contributed by atoms with Crippen LogP contribution in [0.4, 0.5) is 0 Å². The van der Waals surface area contributed by atoms with Crippen LogP contribution in [-0.2, 0) is 0 Å². The fraction of sp³-hybridized carbons (Fsp3) is 0.444. The lowest BCUT2D eigenvalue weighted by molar-refractivity contribution is 0.0722. The van der Waals surface area contributed by atoms with Crippen molar-refractivity contribution < 1.29 is 23.4 Å². The van der Waals surface area contributed by atoms with Gasteiger partial charge in [0.05, 0.1) is 17.6 Å². The minimum atomic E-state index is -0.797. The SMILES string of the molecule is CCCCCCCCCCOc1cccc2c(OC/C=C(\C)CCC=C(C)C)c(OC(=O)c3ccccc3)c(=O)oc12. The molecule has 0 fully saturated rings. The first-order chi connectivity index (χ1) is 20.4. The Balaban J connectivity index is 1.80. The highest BCUT2D eigenvalue weighted by molar-refractivity contribution is 5.94. The molecule has 0 aliphatic carbocycles. The normalized spacial score (nSPS) is 11.4. The minimum Gasteiger partial charge on any atom is -0.490 e. The Kier molecular flexibility index (Phi) is 13.9. The van der Waals surface area contributed by atoms with E-state index in [0.29, 0.717) is 23.3 Å². The zero-order valence-electron chi connectivity index (χ0n) is 25.7. The van der Waals surface area contributed by atoms with Gasteiger partial charge in [0.2, 0.25) is 0 Å². The van der Waals surface area contributed by atoms with E-state index in [1.165, 1.54) is 44.1 Å². The molecular formula is C36H46O6. The van der Waals surface area contributed by atoms with E-state index in [-0.39, 0.29) is 23.7 Å². The number of para-hydroxylation sites is 1. The Hall–Kier alpha value is -3.80. The van der Waals surface area contributed by atoms with Crippen LogP contribution in [0.25, 0.3) is 11.0 Å². The molecule has 6 nitrogen and oxygen atoms in total. The van der Waals surface area contributed by atoms with E-state index in [9.17, 15) is 9.59 Å². The lowest BCUT2D eigenvalue weighted by atomic mass is 10.1. The van der Waals surface area contributed by atoms with Crippen LogP contribution in [0.3, 0.4) is 0 Å². The number of benzene rings is 2. The molecule has 0 bridgehead atoms. The fourth-order valence-corrected chi connectivity index (χ4v) is 4.60. The second-order valence-corrected chi connectivity index (χ2v) is 10.9. The summed E-state index contributed by atoms with van der Waals surface area (Å²) in [5.41, 5.74) is 2.25. The number of allylic oxidation sites excluding steroid dienone is 3. The molecule has 0 saturated heterocycles. The second-order valence-electron chi connectivity index (χ2n) is 10.9. The number of ether oxygens (including phenoxy) is 3. The van der Waals surface area contributed by atoms with Crippen molar-refractivity contribution in [3.8, 4) is 17.2 Å². The fourth-order valence-electron chi connectivity index (χ4n) is 4.60. The van der Waals surface area contributed by atoms with Gasteiger partial charge in [-0.3, -0.25) is 0 Å². The number of carbonyl (C=O) groups excluding carboxylic acids is 1. The summed E-state index contributed by atoms with van der Waals surface area (Å²) in [6.45, 7) is 9.17. The van der Waals surface area contributed by atoms with Crippen LogP contribution in [0.15, 0.2) is 81.0 Å². The van der Waals surface area contributed by atoms with Crippen molar-refractivity contribution in [2.45, 2.75) is 91.9 Å². The Morgan fingerprint density at radius 1 is 0.810 bits per heavy atom. The predicted octanol–water partition coefficient (Wildman–Crippen LogP) is 9.60. The third-order valence-corrected chi connectivity index (χ3v) is 7.02. The second kappa shape index (κ2) is 17.9. The van der Waals surface area contributed by atoms with Crippen molar-refractivity contribution in [1.82, 2.24) is 0 Å². The Morgan fingerprint density at radius 2 is 1.52 bits per heavy atom. The van der Waals surface area contributed by atoms with Crippen LogP contribution in [0.5, 0.6) is 17.2 Å². The molecule has 0 aliphatic heterocycles.